The summed E-state index contributed by atoms with van der Waals surface area (Å²) in [6, 6.07) is 4.34. The van der Waals surface area contributed by atoms with E-state index >= 15 is 0 Å². The van der Waals surface area contributed by atoms with Crippen molar-refractivity contribution in [2.45, 2.75) is 18.9 Å². The van der Waals surface area contributed by atoms with Gasteiger partial charge in [0, 0.05) is 18.1 Å². The van der Waals surface area contributed by atoms with Gasteiger partial charge < -0.3 is 15.3 Å². The van der Waals surface area contributed by atoms with Crippen LogP contribution in [0, 0.1) is 5.92 Å². The van der Waals surface area contributed by atoms with Crippen molar-refractivity contribution >= 4 is 23.4 Å². The second-order valence-corrected chi connectivity index (χ2v) is 5.66. The van der Waals surface area contributed by atoms with Crippen molar-refractivity contribution in [3.05, 3.63) is 28.8 Å². The quantitative estimate of drug-likeness (QED) is 0.822. The molecule has 5 nitrogen and oxygen atoms in total. The van der Waals surface area contributed by atoms with Gasteiger partial charge in [-0.2, -0.15) is 0 Å². The Morgan fingerprint density at radius 1 is 1.45 bits per heavy atom. The molecule has 0 saturated carbocycles. The first-order chi connectivity index (χ1) is 9.58. The molecule has 6 heteroatoms. The number of phenolic OH excluding ortho intramolecular Hbond substituents is 1. The van der Waals surface area contributed by atoms with Gasteiger partial charge in [-0.15, -0.1) is 0 Å². The molecule has 2 fully saturated rings. The predicted molar refractivity (Wildman–Crippen MR) is 73.7 cm³/mol. The maximum Gasteiger partial charge on any atom is 0.257 e. The molecule has 0 radical (unpaired) electrons. The van der Waals surface area contributed by atoms with Crippen LogP contribution in [-0.2, 0) is 4.79 Å². The number of phenols is 1. The van der Waals surface area contributed by atoms with Gasteiger partial charge in [-0.25, -0.2) is 0 Å². The van der Waals surface area contributed by atoms with E-state index in [-0.39, 0.29) is 35.1 Å². The number of amides is 2. The zero-order valence-corrected chi connectivity index (χ0v) is 11.6. The van der Waals surface area contributed by atoms with E-state index in [4.69, 9.17) is 11.6 Å². The summed E-state index contributed by atoms with van der Waals surface area (Å²) in [5, 5.41) is 13.1. The van der Waals surface area contributed by atoms with Gasteiger partial charge in [-0.1, -0.05) is 11.6 Å². The highest BCUT2D eigenvalue weighted by Crippen LogP contribution is 2.31. The Morgan fingerprint density at radius 2 is 2.25 bits per heavy atom. The maximum absolute atomic E-state index is 12.6. The summed E-state index contributed by atoms with van der Waals surface area (Å²) in [6.07, 6.45) is 1.61. The van der Waals surface area contributed by atoms with Crippen molar-refractivity contribution in [1.82, 2.24) is 10.2 Å². The molecule has 2 aliphatic heterocycles. The summed E-state index contributed by atoms with van der Waals surface area (Å²) in [5.41, 5.74) is 0.231. The molecule has 0 aromatic heterocycles. The van der Waals surface area contributed by atoms with Crippen LogP contribution in [0.5, 0.6) is 5.75 Å². The number of hydrogen-bond acceptors (Lipinski definition) is 3. The van der Waals surface area contributed by atoms with E-state index in [0.717, 1.165) is 12.8 Å². The molecule has 3 rings (SSSR count). The number of rotatable bonds is 1. The van der Waals surface area contributed by atoms with E-state index in [1.54, 1.807) is 11.0 Å². The molecule has 1 aromatic rings. The lowest BCUT2D eigenvalue weighted by Gasteiger charge is -2.36. The van der Waals surface area contributed by atoms with Crippen LogP contribution < -0.4 is 5.32 Å². The second-order valence-electron chi connectivity index (χ2n) is 5.22. The van der Waals surface area contributed by atoms with E-state index in [2.05, 4.69) is 5.32 Å². The molecule has 0 spiro atoms. The number of carbonyl (C=O) groups excluding carboxylic acids is 2. The Balaban J connectivity index is 1.88. The number of hydrogen-bond donors (Lipinski definition) is 2. The minimum atomic E-state index is -0.245. The van der Waals surface area contributed by atoms with Crippen LogP contribution in [0.25, 0.3) is 0 Å². The summed E-state index contributed by atoms with van der Waals surface area (Å²) >= 11 is 5.78. The van der Waals surface area contributed by atoms with Crippen molar-refractivity contribution in [3.63, 3.8) is 0 Å². The first-order valence-corrected chi connectivity index (χ1v) is 7.03. The zero-order chi connectivity index (χ0) is 14.3. The lowest BCUT2D eigenvalue weighted by Crippen LogP contribution is -2.48. The molecule has 2 heterocycles. The molecular formula is C14H15ClN2O3. The first kappa shape index (κ1) is 13.2. The smallest absolute Gasteiger partial charge is 0.257 e. The van der Waals surface area contributed by atoms with Crippen molar-refractivity contribution < 1.29 is 14.7 Å². The Hall–Kier alpha value is -1.75. The Bertz CT molecular complexity index is 576. The fourth-order valence-electron chi connectivity index (χ4n) is 3.04. The van der Waals surface area contributed by atoms with Gasteiger partial charge in [0.1, 0.15) is 5.75 Å². The summed E-state index contributed by atoms with van der Waals surface area (Å²) in [6.45, 7) is 1.10. The SMILES string of the molecule is O=C1NCC2C1CCCN2C(=O)c1ccc(Cl)cc1O. The molecular weight excluding hydrogens is 280 g/mol. The van der Waals surface area contributed by atoms with Gasteiger partial charge in [-0.3, -0.25) is 9.59 Å². The van der Waals surface area contributed by atoms with E-state index in [9.17, 15) is 14.7 Å². The second kappa shape index (κ2) is 4.98. The molecule has 2 N–H and O–H groups in total. The van der Waals surface area contributed by atoms with Gasteiger partial charge >= 0.3 is 0 Å². The van der Waals surface area contributed by atoms with Crippen LogP contribution in [0.1, 0.15) is 23.2 Å². The number of halogens is 1. The van der Waals surface area contributed by atoms with Crippen LogP contribution in [-0.4, -0.2) is 41.0 Å². The number of likely N-dealkylation sites (tertiary alicyclic amines) is 1. The normalized spacial score (nSPS) is 25.2. The van der Waals surface area contributed by atoms with Crippen molar-refractivity contribution in [2.75, 3.05) is 13.1 Å². The molecule has 2 unspecified atom stereocenters. The summed E-state index contributed by atoms with van der Waals surface area (Å²) in [5.74, 6) is -0.470. The Labute approximate surface area is 121 Å². The largest absolute Gasteiger partial charge is 0.507 e. The molecule has 1 aromatic carbocycles. The average Bonchev–Trinajstić information content (AvgIpc) is 2.80. The van der Waals surface area contributed by atoms with Crippen LogP contribution in [0.3, 0.4) is 0 Å². The molecule has 0 aliphatic carbocycles. The minimum absolute atomic E-state index is 0.0211. The topological polar surface area (TPSA) is 69.6 Å². The van der Waals surface area contributed by atoms with Gasteiger partial charge in [0.2, 0.25) is 5.91 Å². The Kier molecular flexibility index (Phi) is 3.30. The number of carbonyl (C=O) groups is 2. The van der Waals surface area contributed by atoms with E-state index in [1.807, 2.05) is 0 Å². The third-order valence-electron chi connectivity index (χ3n) is 4.05. The van der Waals surface area contributed by atoms with E-state index in [0.29, 0.717) is 18.1 Å². The predicted octanol–water partition coefficient (Wildman–Crippen LogP) is 1.40. The van der Waals surface area contributed by atoms with Gasteiger partial charge in [0.05, 0.1) is 17.5 Å². The fourth-order valence-corrected chi connectivity index (χ4v) is 3.21. The van der Waals surface area contributed by atoms with Gasteiger partial charge in [0.15, 0.2) is 0 Å². The molecule has 0 bridgehead atoms. The third-order valence-corrected chi connectivity index (χ3v) is 4.29. The molecule has 2 aliphatic rings. The van der Waals surface area contributed by atoms with Crippen molar-refractivity contribution in [1.29, 1.82) is 0 Å². The number of nitrogens with one attached hydrogen (secondary N) is 1. The number of fused-ring (bicyclic) bond motifs is 1. The van der Waals surface area contributed by atoms with Crippen LogP contribution in [0.4, 0.5) is 0 Å². The molecule has 2 saturated heterocycles. The Morgan fingerprint density at radius 3 is 3.00 bits per heavy atom. The molecule has 2 amide bonds. The van der Waals surface area contributed by atoms with Crippen molar-refractivity contribution in [2.24, 2.45) is 5.92 Å². The fraction of sp³-hybridized carbons (Fsp3) is 0.429. The number of nitrogens with zero attached hydrogens (tertiary/aromatic N) is 1. The summed E-state index contributed by atoms with van der Waals surface area (Å²) < 4.78 is 0. The summed E-state index contributed by atoms with van der Waals surface area (Å²) in [7, 11) is 0. The number of aromatic hydroxyl groups is 1. The maximum atomic E-state index is 12.6. The van der Waals surface area contributed by atoms with E-state index < -0.39 is 0 Å². The van der Waals surface area contributed by atoms with Crippen molar-refractivity contribution in [3.8, 4) is 5.75 Å². The first-order valence-electron chi connectivity index (χ1n) is 6.65. The van der Waals surface area contributed by atoms with Gasteiger partial charge in [-0.05, 0) is 31.0 Å². The average molecular weight is 295 g/mol. The highest BCUT2D eigenvalue weighted by molar-refractivity contribution is 6.30. The number of piperidine rings is 1. The van der Waals surface area contributed by atoms with E-state index in [1.165, 1.54) is 12.1 Å². The zero-order valence-electron chi connectivity index (χ0n) is 10.8. The highest BCUT2D eigenvalue weighted by Gasteiger charge is 2.43. The molecule has 106 valence electrons. The molecule has 2 atom stereocenters. The highest BCUT2D eigenvalue weighted by atomic mass is 35.5. The van der Waals surface area contributed by atoms with Crippen LogP contribution >= 0.6 is 11.6 Å². The van der Waals surface area contributed by atoms with Crippen LogP contribution in [0.2, 0.25) is 5.02 Å². The molecule has 20 heavy (non-hydrogen) atoms. The summed E-state index contributed by atoms with van der Waals surface area (Å²) in [4.78, 5) is 26.0. The van der Waals surface area contributed by atoms with Gasteiger partial charge in [0.25, 0.3) is 5.91 Å². The lowest BCUT2D eigenvalue weighted by molar-refractivity contribution is -0.123. The number of benzene rings is 1. The minimum Gasteiger partial charge on any atom is -0.507 e. The monoisotopic (exact) mass is 294 g/mol. The van der Waals surface area contributed by atoms with Crippen LogP contribution in [0.15, 0.2) is 18.2 Å². The third kappa shape index (κ3) is 2.12. The lowest BCUT2D eigenvalue weighted by atomic mass is 9.91. The standard InChI is InChI=1S/C14H15ClN2O3/c15-8-3-4-10(12(18)6-8)14(20)17-5-1-2-9-11(17)7-16-13(9)19/h3-4,6,9,11,18H,1-2,5,7H2,(H,16,19).